The van der Waals surface area contributed by atoms with E-state index in [0.717, 1.165) is 30.7 Å². The van der Waals surface area contributed by atoms with Crippen molar-refractivity contribution in [3.8, 4) is 11.5 Å². The van der Waals surface area contributed by atoms with Crippen LogP contribution < -0.4 is 11.5 Å². The molecule has 0 bridgehead atoms. The molecule has 0 amide bonds. The van der Waals surface area contributed by atoms with E-state index in [4.69, 9.17) is 11.5 Å². The summed E-state index contributed by atoms with van der Waals surface area (Å²) in [5, 5.41) is 19.6. The standard InChI is InChI=1S/C20H20F6N2O2/c21-19(22,23)12-6-10(8-14(27)16(12)29)18(4-2-1-3-5-18)11-7-13(20(24,25)26)17(30)15(28)9-11/h6-9,29-30H,1-5,27-28H2. The van der Waals surface area contributed by atoms with Gasteiger partial charge in [-0.1, -0.05) is 19.3 Å². The highest BCUT2D eigenvalue weighted by Gasteiger charge is 2.43. The Balaban J connectivity index is 2.31. The molecule has 2 aromatic carbocycles. The van der Waals surface area contributed by atoms with Crippen molar-refractivity contribution in [2.45, 2.75) is 49.9 Å². The monoisotopic (exact) mass is 434 g/mol. The second-order valence-corrected chi connectivity index (χ2v) is 7.56. The summed E-state index contributed by atoms with van der Waals surface area (Å²) in [4.78, 5) is 0. The summed E-state index contributed by atoms with van der Waals surface area (Å²) in [6, 6.07) is 3.78. The van der Waals surface area contributed by atoms with Gasteiger partial charge in [0.15, 0.2) is 11.5 Å². The number of hydrogen-bond acceptors (Lipinski definition) is 4. The van der Waals surface area contributed by atoms with Gasteiger partial charge < -0.3 is 21.7 Å². The Morgan fingerprint density at radius 3 is 1.37 bits per heavy atom. The van der Waals surface area contributed by atoms with E-state index in [1.165, 1.54) is 0 Å². The van der Waals surface area contributed by atoms with Crippen LogP contribution in [0, 0.1) is 0 Å². The Hall–Kier alpha value is -2.78. The lowest BCUT2D eigenvalue weighted by Crippen LogP contribution is -2.31. The van der Waals surface area contributed by atoms with E-state index >= 15 is 0 Å². The number of anilines is 2. The smallest absolute Gasteiger partial charge is 0.420 e. The topological polar surface area (TPSA) is 92.5 Å². The molecule has 164 valence electrons. The van der Waals surface area contributed by atoms with Crippen molar-refractivity contribution in [1.29, 1.82) is 0 Å². The van der Waals surface area contributed by atoms with E-state index in [0.29, 0.717) is 12.8 Å². The van der Waals surface area contributed by atoms with Gasteiger partial charge in [-0.2, -0.15) is 26.3 Å². The van der Waals surface area contributed by atoms with Gasteiger partial charge in [0, 0.05) is 5.41 Å². The first-order chi connectivity index (χ1) is 13.8. The second-order valence-electron chi connectivity index (χ2n) is 7.56. The van der Waals surface area contributed by atoms with Crippen LogP contribution in [0.25, 0.3) is 0 Å². The van der Waals surface area contributed by atoms with E-state index in [2.05, 4.69) is 0 Å². The van der Waals surface area contributed by atoms with Crippen LogP contribution in [0.15, 0.2) is 24.3 Å². The molecule has 0 unspecified atom stereocenters. The fourth-order valence-electron chi connectivity index (χ4n) is 4.20. The van der Waals surface area contributed by atoms with Crippen molar-refractivity contribution >= 4 is 11.4 Å². The average molecular weight is 434 g/mol. The minimum absolute atomic E-state index is 0.0445. The van der Waals surface area contributed by atoms with E-state index in [1.807, 2.05) is 0 Å². The van der Waals surface area contributed by atoms with Crippen molar-refractivity contribution in [2.24, 2.45) is 0 Å². The number of phenolic OH excluding ortho intramolecular Hbond substituents is 2. The van der Waals surface area contributed by atoms with Gasteiger partial charge >= 0.3 is 12.4 Å². The average Bonchev–Trinajstić information content (AvgIpc) is 2.64. The molecule has 6 N–H and O–H groups in total. The van der Waals surface area contributed by atoms with E-state index in [1.54, 1.807) is 0 Å². The molecule has 0 spiro atoms. The first-order valence-electron chi connectivity index (χ1n) is 9.17. The van der Waals surface area contributed by atoms with E-state index < -0.39 is 51.8 Å². The van der Waals surface area contributed by atoms with Gasteiger partial charge in [0.25, 0.3) is 0 Å². The molecule has 0 atom stereocenters. The van der Waals surface area contributed by atoms with Crippen LogP contribution in [0.4, 0.5) is 37.7 Å². The Bertz CT molecular complexity index is 892. The molecule has 0 saturated heterocycles. The Morgan fingerprint density at radius 2 is 1.03 bits per heavy atom. The molecule has 0 radical (unpaired) electrons. The van der Waals surface area contributed by atoms with Crippen LogP contribution in [0.3, 0.4) is 0 Å². The summed E-state index contributed by atoms with van der Waals surface area (Å²) in [7, 11) is 0. The number of halogens is 6. The summed E-state index contributed by atoms with van der Waals surface area (Å²) in [5.41, 5.74) is 6.34. The largest absolute Gasteiger partial charge is 0.505 e. The molecule has 0 aromatic heterocycles. The van der Waals surface area contributed by atoms with Gasteiger partial charge in [0.05, 0.1) is 22.5 Å². The van der Waals surface area contributed by atoms with Gasteiger partial charge in [-0.3, -0.25) is 0 Å². The second kappa shape index (κ2) is 7.17. The summed E-state index contributed by atoms with van der Waals surface area (Å²) >= 11 is 0. The van der Waals surface area contributed by atoms with Crippen LogP contribution in [0.2, 0.25) is 0 Å². The highest BCUT2D eigenvalue weighted by atomic mass is 19.4. The highest BCUT2D eigenvalue weighted by Crippen LogP contribution is 2.51. The normalized spacial score (nSPS) is 17.1. The molecule has 0 aliphatic heterocycles. The van der Waals surface area contributed by atoms with Crippen molar-refractivity contribution in [2.75, 3.05) is 11.5 Å². The molecule has 30 heavy (non-hydrogen) atoms. The summed E-state index contributed by atoms with van der Waals surface area (Å²) in [6.07, 6.45) is -7.41. The molecular weight excluding hydrogens is 414 g/mol. The first kappa shape index (κ1) is 21.9. The van der Waals surface area contributed by atoms with Gasteiger partial charge in [-0.15, -0.1) is 0 Å². The Morgan fingerprint density at radius 1 is 0.667 bits per heavy atom. The molecule has 2 aromatic rings. The minimum Gasteiger partial charge on any atom is -0.505 e. The number of phenols is 2. The molecule has 10 heteroatoms. The Kier molecular flexibility index (Phi) is 5.24. The third-order valence-corrected chi connectivity index (χ3v) is 5.70. The van der Waals surface area contributed by atoms with Gasteiger partial charge in [0.2, 0.25) is 0 Å². The van der Waals surface area contributed by atoms with Crippen LogP contribution in [-0.2, 0) is 17.8 Å². The number of alkyl halides is 6. The van der Waals surface area contributed by atoms with Crippen molar-refractivity contribution in [3.63, 3.8) is 0 Å². The Labute approximate surface area is 168 Å². The third-order valence-electron chi connectivity index (χ3n) is 5.70. The lowest BCUT2D eigenvalue weighted by molar-refractivity contribution is -0.139. The maximum atomic E-state index is 13.4. The number of nitrogen functional groups attached to an aromatic ring is 2. The lowest BCUT2D eigenvalue weighted by atomic mass is 9.64. The first-order valence-corrected chi connectivity index (χ1v) is 9.17. The maximum absolute atomic E-state index is 13.4. The molecule has 4 nitrogen and oxygen atoms in total. The zero-order valence-electron chi connectivity index (χ0n) is 15.7. The SMILES string of the molecule is Nc1cc(C2(c3cc(N)c(O)c(C(F)(F)F)c3)CCCCC2)cc(C(F)(F)F)c1O. The van der Waals surface area contributed by atoms with Crippen LogP contribution in [-0.4, -0.2) is 10.2 Å². The molecule has 1 aliphatic carbocycles. The van der Waals surface area contributed by atoms with E-state index in [9.17, 15) is 36.6 Å². The van der Waals surface area contributed by atoms with Crippen LogP contribution in [0.5, 0.6) is 11.5 Å². The number of nitrogens with two attached hydrogens (primary N) is 2. The van der Waals surface area contributed by atoms with Gasteiger partial charge in [-0.25, -0.2) is 0 Å². The van der Waals surface area contributed by atoms with Crippen molar-refractivity contribution in [3.05, 3.63) is 46.5 Å². The lowest BCUT2D eigenvalue weighted by Gasteiger charge is -2.39. The minimum atomic E-state index is -4.91. The molecule has 1 saturated carbocycles. The predicted octanol–water partition coefficient (Wildman–Crippen LogP) is 5.55. The summed E-state index contributed by atoms with van der Waals surface area (Å²) in [5.74, 6) is -2.25. The van der Waals surface area contributed by atoms with E-state index in [-0.39, 0.29) is 24.0 Å². The number of rotatable bonds is 2. The van der Waals surface area contributed by atoms with Gasteiger partial charge in [0.1, 0.15) is 0 Å². The molecule has 1 fully saturated rings. The molecule has 1 aliphatic rings. The number of hydrogen-bond donors (Lipinski definition) is 4. The molecular formula is C20H20F6N2O2. The van der Waals surface area contributed by atoms with Crippen LogP contribution >= 0.6 is 0 Å². The third kappa shape index (κ3) is 3.70. The molecule has 3 rings (SSSR count). The van der Waals surface area contributed by atoms with Crippen molar-refractivity contribution in [1.82, 2.24) is 0 Å². The zero-order valence-corrected chi connectivity index (χ0v) is 15.7. The fraction of sp³-hybridized carbons (Fsp3) is 0.400. The zero-order chi connectivity index (χ0) is 22.5. The van der Waals surface area contributed by atoms with Gasteiger partial charge in [-0.05, 0) is 48.2 Å². The quantitative estimate of drug-likeness (QED) is 0.283. The predicted molar refractivity (Wildman–Crippen MR) is 98.9 cm³/mol. The number of aromatic hydroxyl groups is 2. The molecule has 0 heterocycles. The maximum Gasteiger partial charge on any atom is 0.420 e. The summed E-state index contributed by atoms with van der Waals surface area (Å²) < 4.78 is 80.5. The highest BCUT2D eigenvalue weighted by molar-refractivity contribution is 5.64. The van der Waals surface area contributed by atoms with Crippen molar-refractivity contribution < 1.29 is 36.6 Å². The summed E-state index contributed by atoms with van der Waals surface area (Å²) in [6.45, 7) is 0. The fourth-order valence-corrected chi connectivity index (χ4v) is 4.20. The van der Waals surface area contributed by atoms with Crippen LogP contribution in [0.1, 0.15) is 54.4 Å². The number of benzene rings is 2.